The van der Waals surface area contributed by atoms with Crippen LogP contribution in [-0.2, 0) is 0 Å². The van der Waals surface area contributed by atoms with E-state index in [9.17, 15) is 0 Å². The summed E-state index contributed by atoms with van der Waals surface area (Å²) in [6, 6.07) is 0. The maximum Gasteiger partial charge on any atom is 0.0920 e. The maximum absolute atomic E-state index is 4.70. The summed E-state index contributed by atoms with van der Waals surface area (Å²) in [6.45, 7) is 21.7. The monoisotopic (exact) mass is 322 g/mol. The molecule has 2 aromatic rings. The molecule has 0 aliphatic heterocycles. The Morgan fingerprint density at radius 2 is 0.458 bits per heavy atom. The minimum Gasteiger partial charge on any atom is -0.150 e. The van der Waals surface area contributed by atoms with Crippen molar-refractivity contribution in [2.24, 2.45) is 10.2 Å². The van der Waals surface area contributed by atoms with Crippen molar-refractivity contribution in [2.45, 2.75) is 69.2 Å². The summed E-state index contributed by atoms with van der Waals surface area (Å²) in [6.07, 6.45) is 0. The molecule has 0 saturated carbocycles. The first kappa shape index (κ1) is 18.4. The van der Waals surface area contributed by atoms with Crippen LogP contribution in [0.15, 0.2) is 10.2 Å². The van der Waals surface area contributed by atoms with Gasteiger partial charge in [-0.2, -0.15) is 0 Å². The van der Waals surface area contributed by atoms with Gasteiger partial charge < -0.3 is 0 Å². The van der Waals surface area contributed by atoms with E-state index in [0.29, 0.717) is 0 Å². The van der Waals surface area contributed by atoms with Crippen molar-refractivity contribution < 1.29 is 0 Å². The zero-order valence-electron chi connectivity index (χ0n) is 16.9. The number of benzene rings is 2. The Hall–Kier alpha value is -1.96. The molecule has 0 N–H and O–H groups in total. The highest BCUT2D eigenvalue weighted by molar-refractivity contribution is 5.63. The first-order chi connectivity index (χ1) is 11.1. The molecule has 2 rings (SSSR count). The Morgan fingerprint density at radius 1 is 0.292 bits per heavy atom. The third-order valence-corrected chi connectivity index (χ3v) is 6.17. The van der Waals surface area contributed by atoms with Gasteiger partial charge in [0.25, 0.3) is 0 Å². The van der Waals surface area contributed by atoms with Gasteiger partial charge in [0, 0.05) is 0 Å². The van der Waals surface area contributed by atoms with Crippen LogP contribution in [0.4, 0.5) is 11.4 Å². The molecule has 0 aliphatic rings. The molecule has 0 aromatic heterocycles. The zero-order chi connectivity index (χ0) is 18.3. The lowest BCUT2D eigenvalue weighted by Crippen LogP contribution is -1.96. The molecule has 2 aromatic carbocycles. The van der Waals surface area contributed by atoms with Crippen molar-refractivity contribution in [3.8, 4) is 0 Å². The first-order valence-corrected chi connectivity index (χ1v) is 8.65. The van der Waals surface area contributed by atoms with Crippen LogP contribution in [0, 0.1) is 69.2 Å². The predicted octanol–water partition coefficient (Wildman–Crippen LogP) is 7.19. The Labute approximate surface area is 147 Å². The molecular formula is C22H30N2. The van der Waals surface area contributed by atoms with Crippen molar-refractivity contribution in [3.63, 3.8) is 0 Å². The highest BCUT2D eigenvalue weighted by atomic mass is 15.1. The van der Waals surface area contributed by atoms with Crippen LogP contribution in [0.2, 0.25) is 0 Å². The number of azo groups is 1. The highest BCUT2D eigenvalue weighted by Crippen LogP contribution is 2.36. The van der Waals surface area contributed by atoms with E-state index in [1.54, 1.807) is 0 Å². The SMILES string of the molecule is Cc1c(C)c(C)c(/N=N/c2c(C)c(C)c(C)c(C)c2C)c(C)c1C. The first-order valence-electron chi connectivity index (χ1n) is 8.65. The van der Waals surface area contributed by atoms with Crippen LogP contribution >= 0.6 is 0 Å². The molecular weight excluding hydrogens is 292 g/mol. The maximum atomic E-state index is 4.70. The molecule has 0 aliphatic carbocycles. The summed E-state index contributed by atoms with van der Waals surface area (Å²) in [5.41, 5.74) is 14.9. The Kier molecular flexibility index (Phi) is 4.98. The van der Waals surface area contributed by atoms with Crippen LogP contribution in [0.1, 0.15) is 55.6 Å². The average Bonchev–Trinajstić information content (AvgIpc) is 2.57. The average molecular weight is 322 g/mol. The quantitative estimate of drug-likeness (QED) is 0.523. The smallest absolute Gasteiger partial charge is 0.0920 e. The minimum absolute atomic E-state index is 1.02. The van der Waals surface area contributed by atoms with E-state index in [-0.39, 0.29) is 0 Å². The van der Waals surface area contributed by atoms with Gasteiger partial charge in [-0.15, -0.1) is 10.2 Å². The third-order valence-electron chi connectivity index (χ3n) is 6.17. The molecule has 2 heteroatoms. The lowest BCUT2D eigenvalue weighted by Gasteiger charge is -2.17. The van der Waals surface area contributed by atoms with E-state index in [1.807, 2.05) is 0 Å². The molecule has 2 nitrogen and oxygen atoms in total. The van der Waals surface area contributed by atoms with Crippen LogP contribution in [0.3, 0.4) is 0 Å². The van der Waals surface area contributed by atoms with E-state index in [0.717, 1.165) is 11.4 Å². The van der Waals surface area contributed by atoms with Crippen molar-refractivity contribution in [2.75, 3.05) is 0 Å². The summed E-state index contributed by atoms with van der Waals surface area (Å²) in [5, 5.41) is 9.39. The lowest BCUT2D eigenvalue weighted by atomic mass is 9.93. The number of hydrogen-bond donors (Lipinski definition) is 0. The van der Waals surface area contributed by atoms with Gasteiger partial charge in [-0.3, -0.25) is 0 Å². The summed E-state index contributed by atoms with van der Waals surface area (Å²) in [4.78, 5) is 0. The molecule has 0 amide bonds. The van der Waals surface area contributed by atoms with Crippen molar-refractivity contribution >= 4 is 11.4 Å². The summed E-state index contributed by atoms with van der Waals surface area (Å²) >= 11 is 0. The molecule has 0 atom stereocenters. The van der Waals surface area contributed by atoms with E-state index < -0.39 is 0 Å². The van der Waals surface area contributed by atoms with Gasteiger partial charge in [-0.05, 0) is 125 Å². The number of hydrogen-bond acceptors (Lipinski definition) is 2. The van der Waals surface area contributed by atoms with Crippen LogP contribution in [-0.4, -0.2) is 0 Å². The van der Waals surface area contributed by atoms with Crippen LogP contribution in [0.5, 0.6) is 0 Å². The Balaban J connectivity index is 2.67. The fourth-order valence-electron chi connectivity index (χ4n) is 3.36. The molecule has 24 heavy (non-hydrogen) atoms. The van der Waals surface area contributed by atoms with E-state index >= 15 is 0 Å². The number of rotatable bonds is 2. The molecule has 0 spiro atoms. The number of nitrogens with zero attached hydrogens (tertiary/aromatic N) is 2. The Morgan fingerprint density at radius 3 is 0.667 bits per heavy atom. The van der Waals surface area contributed by atoms with E-state index in [2.05, 4.69) is 69.2 Å². The van der Waals surface area contributed by atoms with Crippen molar-refractivity contribution in [1.29, 1.82) is 0 Å². The lowest BCUT2D eigenvalue weighted by molar-refractivity contribution is 1.09. The van der Waals surface area contributed by atoms with Crippen molar-refractivity contribution in [3.05, 3.63) is 55.6 Å². The van der Waals surface area contributed by atoms with Gasteiger partial charge in [0.05, 0.1) is 11.4 Å². The summed E-state index contributed by atoms with van der Waals surface area (Å²) in [5.74, 6) is 0. The van der Waals surface area contributed by atoms with Crippen LogP contribution < -0.4 is 0 Å². The molecule has 0 fully saturated rings. The second-order valence-electron chi connectivity index (χ2n) is 7.15. The topological polar surface area (TPSA) is 24.7 Å². The van der Waals surface area contributed by atoms with E-state index in [1.165, 1.54) is 55.6 Å². The Bertz CT molecular complexity index is 726. The summed E-state index contributed by atoms with van der Waals surface area (Å²) < 4.78 is 0. The van der Waals surface area contributed by atoms with Gasteiger partial charge in [0.1, 0.15) is 0 Å². The zero-order valence-corrected chi connectivity index (χ0v) is 16.9. The highest BCUT2D eigenvalue weighted by Gasteiger charge is 2.14. The largest absolute Gasteiger partial charge is 0.150 e. The molecule has 0 bridgehead atoms. The van der Waals surface area contributed by atoms with Gasteiger partial charge in [-0.1, -0.05) is 0 Å². The second kappa shape index (κ2) is 6.51. The molecule has 0 unspecified atom stereocenters. The van der Waals surface area contributed by atoms with E-state index in [4.69, 9.17) is 10.2 Å². The third kappa shape index (κ3) is 2.79. The predicted molar refractivity (Wildman–Crippen MR) is 104 cm³/mol. The fraction of sp³-hybridized carbons (Fsp3) is 0.455. The van der Waals surface area contributed by atoms with Crippen LogP contribution in [0.25, 0.3) is 0 Å². The van der Waals surface area contributed by atoms with Gasteiger partial charge in [0.2, 0.25) is 0 Å². The minimum atomic E-state index is 1.02. The normalized spacial score (nSPS) is 11.6. The van der Waals surface area contributed by atoms with Gasteiger partial charge in [0.15, 0.2) is 0 Å². The van der Waals surface area contributed by atoms with Crippen molar-refractivity contribution in [1.82, 2.24) is 0 Å². The fourth-order valence-corrected chi connectivity index (χ4v) is 3.36. The molecule has 0 saturated heterocycles. The van der Waals surface area contributed by atoms with Gasteiger partial charge in [-0.25, -0.2) is 0 Å². The van der Waals surface area contributed by atoms with Gasteiger partial charge >= 0.3 is 0 Å². The second-order valence-corrected chi connectivity index (χ2v) is 7.15. The molecule has 0 heterocycles. The standard InChI is InChI=1S/C22H30N2/c1-11-13(3)17(7)21(18(8)14(11)4)23-24-22-19(9)15(5)12(2)16(6)20(22)10/h1-10H3/b24-23+. The molecule has 0 radical (unpaired) electrons. The molecule has 128 valence electrons. The summed E-state index contributed by atoms with van der Waals surface area (Å²) in [7, 11) is 0.